The van der Waals surface area contributed by atoms with Crippen LogP contribution < -0.4 is 16.0 Å². The third kappa shape index (κ3) is 2.81. The number of hydrogen-bond acceptors (Lipinski definition) is 4. The van der Waals surface area contributed by atoms with Crippen LogP contribution in [-0.4, -0.2) is 19.1 Å². The Morgan fingerprint density at radius 1 is 1.05 bits per heavy atom. The van der Waals surface area contributed by atoms with Crippen molar-refractivity contribution in [2.24, 2.45) is 0 Å². The first kappa shape index (κ1) is 14.2. The van der Waals surface area contributed by atoms with E-state index in [1.807, 2.05) is 38.4 Å². The van der Waals surface area contributed by atoms with Gasteiger partial charge in [-0.1, -0.05) is 12.1 Å². The molecular formula is C18H20N4. The highest BCUT2D eigenvalue weighted by atomic mass is 15.1. The van der Waals surface area contributed by atoms with Gasteiger partial charge in [-0.05, 0) is 42.0 Å². The van der Waals surface area contributed by atoms with Crippen LogP contribution >= 0.6 is 0 Å². The van der Waals surface area contributed by atoms with Crippen LogP contribution in [0.25, 0.3) is 10.9 Å². The number of aromatic nitrogens is 1. The van der Waals surface area contributed by atoms with E-state index in [9.17, 15) is 0 Å². The Balaban J connectivity index is 1.77. The first-order valence-electron chi connectivity index (χ1n) is 7.28. The highest BCUT2D eigenvalue weighted by Crippen LogP contribution is 2.27. The average molecular weight is 292 g/mol. The molecule has 112 valence electrons. The van der Waals surface area contributed by atoms with Gasteiger partial charge >= 0.3 is 0 Å². The molecule has 1 heterocycles. The Kier molecular flexibility index (Phi) is 3.83. The summed E-state index contributed by atoms with van der Waals surface area (Å²) in [7, 11) is 4.08. The van der Waals surface area contributed by atoms with Crippen LogP contribution in [0.1, 0.15) is 5.56 Å². The highest BCUT2D eigenvalue weighted by molar-refractivity contribution is 5.96. The smallest absolute Gasteiger partial charge is 0.0724 e. The van der Waals surface area contributed by atoms with E-state index in [2.05, 4.69) is 39.5 Å². The molecule has 2 aromatic carbocycles. The third-order valence-electron chi connectivity index (χ3n) is 3.76. The van der Waals surface area contributed by atoms with Gasteiger partial charge in [-0.3, -0.25) is 4.98 Å². The Labute approximate surface area is 130 Å². The maximum Gasteiger partial charge on any atom is 0.0724 e. The van der Waals surface area contributed by atoms with E-state index in [0.29, 0.717) is 0 Å². The Morgan fingerprint density at radius 3 is 2.55 bits per heavy atom. The van der Waals surface area contributed by atoms with Gasteiger partial charge in [0.25, 0.3) is 0 Å². The first-order chi connectivity index (χ1) is 10.6. The molecule has 0 spiro atoms. The highest BCUT2D eigenvalue weighted by Gasteiger charge is 2.05. The molecule has 0 saturated carbocycles. The van der Waals surface area contributed by atoms with E-state index in [1.54, 1.807) is 6.20 Å². The molecule has 22 heavy (non-hydrogen) atoms. The Hall–Kier alpha value is -2.75. The van der Waals surface area contributed by atoms with Gasteiger partial charge < -0.3 is 16.0 Å². The lowest BCUT2D eigenvalue weighted by molar-refractivity contribution is 1.11. The number of benzene rings is 2. The zero-order chi connectivity index (χ0) is 15.5. The lowest BCUT2D eigenvalue weighted by Gasteiger charge is -2.14. The fraction of sp³-hybridized carbons (Fsp3) is 0.167. The van der Waals surface area contributed by atoms with Crippen LogP contribution in [0.4, 0.5) is 17.1 Å². The predicted molar refractivity (Wildman–Crippen MR) is 94.3 cm³/mol. The SMILES string of the molecule is CN(C)c1ccc(CNc2ccc3ncccc3c2N)cc1. The van der Waals surface area contributed by atoms with Crippen LogP contribution in [0.15, 0.2) is 54.7 Å². The zero-order valence-corrected chi connectivity index (χ0v) is 12.9. The molecule has 0 atom stereocenters. The van der Waals surface area contributed by atoms with E-state index in [0.717, 1.165) is 28.8 Å². The topological polar surface area (TPSA) is 54.2 Å². The maximum absolute atomic E-state index is 6.24. The Morgan fingerprint density at radius 2 is 1.82 bits per heavy atom. The van der Waals surface area contributed by atoms with Gasteiger partial charge in [0.2, 0.25) is 0 Å². The van der Waals surface area contributed by atoms with Crippen molar-refractivity contribution in [3.63, 3.8) is 0 Å². The standard InChI is InChI=1S/C18H20N4/c1-22(2)14-7-5-13(6-8-14)12-21-17-10-9-16-15(18(17)19)4-3-11-20-16/h3-11,21H,12,19H2,1-2H3. The largest absolute Gasteiger partial charge is 0.397 e. The lowest BCUT2D eigenvalue weighted by atomic mass is 10.1. The van der Waals surface area contributed by atoms with Crippen molar-refractivity contribution in [2.75, 3.05) is 30.0 Å². The molecule has 4 nitrogen and oxygen atoms in total. The summed E-state index contributed by atoms with van der Waals surface area (Å²) in [4.78, 5) is 6.40. The van der Waals surface area contributed by atoms with Crippen molar-refractivity contribution in [1.29, 1.82) is 0 Å². The summed E-state index contributed by atoms with van der Waals surface area (Å²) in [5, 5.41) is 4.39. The number of nitrogens with one attached hydrogen (secondary N) is 1. The zero-order valence-electron chi connectivity index (χ0n) is 12.9. The van der Waals surface area contributed by atoms with Crippen molar-refractivity contribution in [3.05, 3.63) is 60.3 Å². The van der Waals surface area contributed by atoms with Crippen LogP contribution in [0.2, 0.25) is 0 Å². The minimum atomic E-state index is 0.740. The van der Waals surface area contributed by atoms with E-state index in [-0.39, 0.29) is 0 Å². The second-order valence-electron chi connectivity index (χ2n) is 5.51. The fourth-order valence-corrected chi connectivity index (χ4v) is 2.44. The summed E-state index contributed by atoms with van der Waals surface area (Å²) in [6.07, 6.45) is 1.78. The molecule has 3 aromatic rings. The summed E-state index contributed by atoms with van der Waals surface area (Å²) < 4.78 is 0. The van der Waals surface area contributed by atoms with Crippen molar-refractivity contribution in [1.82, 2.24) is 4.98 Å². The second-order valence-corrected chi connectivity index (χ2v) is 5.51. The average Bonchev–Trinajstić information content (AvgIpc) is 2.55. The molecule has 0 radical (unpaired) electrons. The summed E-state index contributed by atoms with van der Waals surface area (Å²) in [5.74, 6) is 0. The fourth-order valence-electron chi connectivity index (χ4n) is 2.44. The molecule has 3 N–H and O–H groups in total. The number of nitrogens with two attached hydrogens (primary N) is 1. The monoisotopic (exact) mass is 292 g/mol. The minimum absolute atomic E-state index is 0.740. The first-order valence-corrected chi connectivity index (χ1v) is 7.28. The number of hydrogen-bond donors (Lipinski definition) is 2. The molecule has 0 aliphatic heterocycles. The number of pyridine rings is 1. The van der Waals surface area contributed by atoms with Gasteiger partial charge in [-0.15, -0.1) is 0 Å². The molecular weight excluding hydrogens is 272 g/mol. The van der Waals surface area contributed by atoms with E-state index < -0.39 is 0 Å². The molecule has 1 aromatic heterocycles. The molecule has 0 saturated heterocycles. The van der Waals surface area contributed by atoms with Crippen LogP contribution in [0, 0.1) is 0 Å². The molecule has 0 aliphatic rings. The van der Waals surface area contributed by atoms with E-state index in [1.165, 1.54) is 11.3 Å². The van der Waals surface area contributed by atoms with E-state index >= 15 is 0 Å². The van der Waals surface area contributed by atoms with Crippen LogP contribution in [0.3, 0.4) is 0 Å². The van der Waals surface area contributed by atoms with Gasteiger partial charge in [-0.25, -0.2) is 0 Å². The predicted octanol–water partition coefficient (Wildman–Crippen LogP) is 3.50. The van der Waals surface area contributed by atoms with Gasteiger partial charge in [0.15, 0.2) is 0 Å². The van der Waals surface area contributed by atoms with Crippen molar-refractivity contribution < 1.29 is 0 Å². The normalized spacial score (nSPS) is 10.6. The number of nitrogen functional groups attached to an aromatic ring is 1. The van der Waals surface area contributed by atoms with Crippen LogP contribution in [-0.2, 0) is 6.54 Å². The second kappa shape index (κ2) is 5.93. The maximum atomic E-state index is 6.24. The number of rotatable bonds is 4. The molecule has 3 rings (SSSR count). The van der Waals surface area contributed by atoms with Gasteiger partial charge in [0.05, 0.1) is 16.9 Å². The Bertz CT molecular complexity index is 779. The minimum Gasteiger partial charge on any atom is -0.397 e. The van der Waals surface area contributed by atoms with E-state index in [4.69, 9.17) is 5.73 Å². The molecule has 0 unspecified atom stereocenters. The summed E-state index contributed by atoms with van der Waals surface area (Å²) in [5.41, 5.74) is 11.3. The molecule has 0 fully saturated rings. The van der Waals surface area contributed by atoms with Crippen molar-refractivity contribution in [3.8, 4) is 0 Å². The molecule has 0 aliphatic carbocycles. The summed E-state index contributed by atoms with van der Waals surface area (Å²) >= 11 is 0. The number of nitrogens with zero attached hydrogens (tertiary/aromatic N) is 2. The molecule has 0 bridgehead atoms. The summed E-state index contributed by atoms with van der Waals surface area (Å²) in [6, 6.07) is 16.4. The number of anilines is 3. The van der Waals surface area contributed by atoms with Crippen LogP contribution in [0.5, 0.6) is 0 Å². The number of fused-ring (bicyclic) bond motifs is 1. The summed E-state index contributed by atoms with van der Waals surface area (Å²) in [6.45, 7) is 0.740. The van der Waals surface area contributed by atoms with Crippen molar-refractivity contribution in [2.45, 2.75) is 6.54 Å². The lowest BCUT2D eigenvalue weighted by Crippen LogP contribution is -2.08. The van der Waals surface area contributed by atoms with Gasteiger partial charge in [-0.2, -0.15) is 0 Å². The third-order valence-corrected chi connectivity index (χ3v) is 3.76. The van der Waals surface area contributed by atoms with Gasteiger partial charge in [0, 0.05) is 37.9 Å². The molecule has 4 heteroatoms. The quantitative estimate of drug-likeness (QED) is 0.723. The van der Waals surface area contributed by atoms with Gasteiger partial charge in [0.1, 0.15) is 0 Å². The molecule has 0 amide bonds. The van der Waals surface area contributed by atoms with Crippen molar-refractivity contribution >= 4 is 28.0 Å².